The number of carbonyl (C=O) groups is 1. The zero-order valence-corrected chi connectivity index (χ0v) is 14.5. The summed E-state index contributed by atoms with van der Waals surface area (Å²) in [5.74, 6) is -0.116. The summed E-state index contributed by atoms with van der Waals surface area (Å²) in [6, 6.07) is 9.73. The van der Waals surface area contributed by atoms with E-state index in [4.69, 9.17) is 0 Å². The predicted octanol–water partition coefficient (Wildman–Crippen LogP) is 2.14. The highest BCUT2D eigenvalue weighted by atomic mass is 32.2. The van der Waals surface area contributed by atoms with Gasteiger partial charge in [0.2, 0.25) is 15.9 Å². The Balaban J connectivity index is 1.88. The van der Waals surface area contributed by atoms with Crippen LogP contribution in [0.2, 0.25) is 0 Å². The number of nitrogens with zero attached hydrogens (tertiary/aromatic N) is 1. The van der Waals surface area contributed by atoms with Gasteiger partial charge in [0.05, 0.1) is 11.7 Å². The molecule has 0 saturated carbocycles. The number of nitrogens with one attached hydrogen (secondary N) is 1. The standard InChI is InChI=1S/C17H26N2O3S/c1-2-3-12-23(21,22)19-11-7-10-16(14-19)17(20)18-13-15-8-5-4-6-9-15/h4-6,8-9,16H,2-3,7,10-14H2,1H3,(H,18,20). The highest BCUT2D eigenvalue weighted by Crippen LogP contribution is 2.20. The van der Waals surface area contributed by atoms with Crippen molar-refractivity contribution in [3.63, 3.8) is 0 Å². The molecule has 6 heteroatoms. The lowest BCUT2D eigenvalue weighted by Crippen LogP contribution is -2.45. The fourth-order valence-corrected chi connectivity index (χ4v) is 4.52. The van der Waals surface area contributed by atoms with E-state index in [1.165, 1.54) is 4.31 Å². The summed E-state index contributed by atoms with van der Waals surface area (Å²) in [5, 5.41) is 2.92. The van der Waals surface area contributed by atoms with Crippen LogP contribution in [0.4, 0.5) is 0 Å². The first-order chi connectivity index (χ1) is 11.0. The van der Waals surface area contributed by atoms with Crippen LogP contribution >= 0.6 is 0 Å². The number of hydrogen-bond donors (Lipinski definition) is 1. The third kappa shape index (κ3) is 5.32. The van der Waals surface area contributed by atoms with Crippen molar-refractivity contribution >= 4 is 15.9 Å². The summed E-state index contributed by atoms with van der Waals surface area (Å²) < 4.78 is 26.1. The Bertz CT molecular complexity index is 602. The average Bonchev–Trinajstić information content (AvgIpc) is 2.59. The van der Waals surface area contributed by atoms with Gasteiger partial charge in [-0.1, -0.05) is 43.7 Å². The topological polar surface area (TPSA) is 66.5 Å². The van der Waals surface area contributed by atoms with Crippen molar-refractivity contribution in [2.75, 3.05) is 18.8 Å². The molecule has 0 spiro atoms. The summed E-state index contributed by atoms with van der Waals surface area (Å²) in [6.07, 6.45) is 3.02. The van der Waals surface area contributed by atoms with Crippen molar-refractivity contribution in [2.24, 2.45) is 5.92 Å². The molecule has 1 amide bonds. The van der Waals surface area contributed by atoms with Crippen molar-refractivity contribution < 1.29 is 13.2 Å². The number of piperidine rings is 1. The lowest BCUT2D eigenvalue weighted by Gasteiger charge is -2.31. The van der Waals surface area contributed by atoms with Gasteiger partial charge in [0.25, 0.3) is 0 Å². The van der Waals surface area contributed by atoms with Gasteiger partial charge in [-0.25, -0.2) is 12.7 Å². The van der Waals surface area contributed by atoms with E-state index < -0.39 is 10.0 Å². The first-order valence-electron chi connectivity index (χ1n) is 8.32. The Morgan fingerprint density at radius 1 is 1.30 bits per heavy atom. The minimum Gasteiger partial charge on any atom is -0.352 e. The van der Waals surface area contributed by atoms with Gasteiger partial charge in [0.1, 0.15) is 0 Å². The molecule has 1 N–H and O–H groups in total. The van der Waals surface area contributed by atoms with Crippen molar-refractivity contribution in [1.29, 1.82) is 0 Å². The van der Waals surface area contributed by atoms with E-state index in [0.717, 1.165) is 24.8 Å². The van der Waals surface area contributed by atoms with Gasteiger partial charge in [-0.2, -0.15) is 0 Å². The highest BCUT2D eigenvalue weighted by molar-refractivity contribution is 7.89. The molecular weight excluding hydrogens is 312 g/mol. The monoisotopic (exact) mass is 338 g/mol. The first kappa shape index (κ1) is 17.9. The summed E-state index contributed by atoms with van der Waals surface area (Å²) in [5.41, 5.74) is 1.05. The molecule has 1 fully saturated rings. The number of rotatable bonds is 7. The number of benzene rings is 1. The van der Waals surface area contributed by atoms with Gasteiger partial charge in [0.15, 0.2) is 0 Å². The van der Waals surface area contributed by atoms with Crippen LogP contribution in [0, 0.1) is 5.92 Å². The molecule has 1 aromatic carbocycles. The van der Waals surface area contributed by atoms with Gasteiger partial charge in [-0.05, 0) is 24.8 Å². The van der Waals surface area contributed by atoms with Crippen molar-refractivity contribution in [2.45, 2.75) is 39.2 Å². The number of unbranched alkanes of at least 4 members (excludes halogenated alkanes) is 1. The Morgan fingerprint density at radius 3 is 2.74 bits per heavy atom. The van der Waals surface area contributed by atoms with Crippen LogP contribution in [0.5, 0.6) is 0 Å². The van der Waals surface area contributed by atoms with Gasteiger partial charge in [0, 0.05) is 19.6 Å². The zero-order chi connectivity index (χ0) is 16.7. The normalized spacial score (nSPS) is 19.4. The molecule has 1 atom stereocenters. The van der Waals surface area contributed by atoms with Gasteiger partial charge >= 0.3 is 0 Å². The number of sulfonamides is 1. The predicted molar refractivity (Wildman–Crippen MR) is 91.3 cm³/mol. The fourth-order valence-electron chi connectivity index (χ4n) is 2.79. The molecule has 1 unspecified atom stereocenters. The quantitative estimate of drug-likeness (QED) is 0.828. The third-order valence-electron chi connectivity index (χ3n) is 4.21. The van der Waals surface area contributed by atoms with Crippen LogP contribution in [0.25, 0.3) is 0 Å². The van der Waals surface area contributed by atoms with E-state index in [0.29, 0.717) is 26.1 Å². The molecule has 128 valence electrons. The maximum atomic E-state index is 12.3. The second-order valence-electron chi connectivity index (χ2n) is 6.07. The largest absolute Gasteiger partial charge is 0.352 e. The summed E-state index contributed by atoms with van der Waals surface area (Å²) >= 11 is 0. The van der Waals surface area contributed by atoms with Gasteiger partial charge in [-0.15, -0.1) is 0 Å². The second-order valence-corrected chi connectivity index (χ2v) is 8.16. The molecule has 0 bridgehead atoms. The number of carbonyl (C=O) groups excluding carboxylic acids is 1. The molecular formula is C17H26N2O3S. The van der Waals surface area contributed by atoms with Crippen LogP contribution < -0.4 is 5.32 Å². The smallest absolute Gasteiger partial charge is 0.224 e. The van der Waals surface area contributed by atoms with E-state index in [1.54, 1.807) is 0 Å². The highest BCUT2D eigenvalue weighted by Gasteiger charge is 2.31. The van der Waals surface area contributed by atoms with E-state index in [9.17, 15) is 13.2 Å². The molecule has 0 aromatic heterocycles. The minimum atomic E-state index is -3.23. The van der Waals surface area contributed by atoms with Crippen LogP contribution in [-0.4, -0.2) is 37.5 Å². The second kappa shape index (κ2) is 8.45. The molecule has 1 aromatic rings. The molecule has 1 aliphatic rings. The van der Waals surface area contributed by atoms with Crippen LogP contribution in [0.1, 0.15) is 38.2 Å². The molecule has 23 heavy (non-hydrogen) atoms. The summed E-state index contributed by atoms with van der Waals surface area (Å²) in [7, 11) is -3.23. The molecule has 0 radical (unpaired) electrons. The Kier molecular flexibility index (Phi) is 6.59. The maximum Gasteiger partial charge on any atom is 0.224 e. The minimum absolute atomic E-state index is 0.0516. The van der Waals surface area contributed by atoms with Gasteiger partial charge in [-0.3, -0.25) is 4.79 Å². The van der Waals surface area contributed by atoms with Crippen LogP contribution in [-0.2, 0) is 21.4 Å². The van der Waals surface area contributed by atoms with Crippen molar-refractivity contribution in [3.8, 4) is 0 Å². The summed E-state index contributed by atoms with van der Waals surface area (Å²) in [6.45, 7) is 3.31. The molecule has 0 aliphatic carbocycles. The summed E-state index contributed by atoms with van der Waals surface area (Å²) in [4.78, 5) is 12.3. The SMILES string of the molecule is CCCCS(=O)(=O)N1CCCC(C(=O)NCc2ccccc2)C1. The van der Waals surface area contributed by atoms with Crippen LogP contribution in [0.15, 0.2) is 30.3 Å². The lowest BCUT2D eigenvalue weighted by molar-refractivity contribution is -0.126. The van der Waals surface area contributed by atoms with E-state index in [1.807, 2.05) is 37.3 Å². The Hall–Kier alpha value is -1.40. The zero-order valence-electron chi connectivity index (χ0n) is 13.7. The van der Waals surface area contributed by atoms with Gasteiger partial charge < -0.3 is 5.32 Å². The molecule has 1 aliphatic heterocycles. The number of hydrogen-bond acceptors (Lipinski definition) is 3. The average molecular weight is 338 g/mol. The third-order valence-corrected chi connectivity index (χ3v) is 6.14. The van der Waals surface area contributed by atoms with Crippen molar-refractivity contribution in [3.05, 3.63) is 35.9 Å². The van der Waals surface area contributed by atoms with E-state index in [-0.39, 0.29) is 17.6 Å². The first-order valence-corrected chi connectivity index (χ1v) is 9.93. The molecule has 1 heterocycles. The van der Waals surface area contributed by atoms with Crippen molar-refractivity contribution in [1.82, 2.24) is 9.62 Å². The number of amides is 1. The Labute approximate surface area is 139 Å². The molecule has 1 saturated heterocycles. The lowest BCUT2D eigenvalue weighted by atomic mass is 9.99. The maximum absolute atomic E-state index is 12.3. The van der Waals surface area contributed by atoms with E-state index >= 15 is 0 Å². The molecule has 2 rings (SSSR count). The fraction of sp³-hybridized carbons (Fsp3) is 0.588. The van der Waals surface area contributed by atoms with Crippen LogP contribution in [0.3, 0.4) is 0 Å². The Morgan fingerprint density at radius 2 is 2.04 bits per heavy atom. The molecule has 5 nitrogen and oxygen atoms in total. The van der Waals surface area contributed by atoms with E-state index in [2.05, 4.69) is 5.32 Å².